The van der Waals surface area contributed by atoms with E-state index in [0.717, 1.165) is 12.8 Å². The van der Waals surface area contributed by atoms with E-state index < -0.39 is 18.1 Å². The number of hydrogen-bond donors (Lipinski definition) is 4. The topological polar surface area (TPSA) is 108 Å². The molecule has 7 nitrogen and oxygen atoms in total. The summed E-state index contributed by atoms with van der Waals surface area (Å²) in [5.74, 6) is -1.29. The maximum absolute atomic E-state index is 11.2. The fourth-order valence-electron chi connectivity index (χ4n) is 1.09. The Morgan fingerprint density at radius 1 is 1.22 bits per heavy atom. The third-order valence-corrected chi connectivity index (χ3v) is 2.16. The second-order valence-electron chi connectivity index (χ2n) is 3.79. The minimum atomic E-state index is -1.44. The van der Waals surface area contributed by atoms with Crippen LogP contribution in [0.3, 0.4) is 0 Å². The van der Waals surface area contributed by atoms with Crippen molar-refractivity contribution in [1.29, 1.82) is 0 Å². The molecule has 0 aromatic carbocycles. The highest BCUT2D eigenvalue weighted by Crippen LogP contribution is 1.89. The highest BCUT2D eigenvalue weighted by molar-refractivity contribution is 5.74. The Morgan fingerprint density at radius 3 is 2.50 bits per heavy atom. The molecule has 0 aliphatic rings. The maximum atomic E-state index is 11.2. The molecule has 0 fully saturated rings. The lowest BCUT2D eigenvalue weighted by molar-refractivity contribution is -0.146. The Kier molecular flexibility index (Phi) is 9.99. The average Bonchev–Trinajstić information content (AvgIpc) is 2.33. The van der Waals surface area contributed by atoms with E-state index in [1.54, 1.807) is 0 Å². The lowest BCUT2D eigenvalue weighted by Crippen LogP contribution is -2.39. The van der Waals surface area contributed by atoms with E-state index in [9.17, 15) is 9.59 Å². The van der Waals surface area contributed by atoms with Crippen molar-refractivity contribution in [2.24, 2.45) is 0 Å². The van der Waals surface area contributed by atoms with Crippen LogP contribution < -0.4 is 10.6 Å². The molecule has 0 spiro atoms. The predicted molar refractivity (Wildman–Crippen MR) is 65.4 cm³/mol. The summed E-state index contributed by atoms with van der Waals surface area (Å²) in [7, 11) is 0. The summed E-state index contributed by atoms with van der Waals surface area (Å²) in [6, 6.07) is -0.397. The highest BCUT2D eigenvalue weighted by Gasteiger charge is 2.12. The number of carbonyl (C=O) groups excluding carboxylic acids is 1. The van der Waals surface area contributed by atoms with Gasteiger partial charge in [-0.1, -0.05) is 13.3 Å². The fraction of sp³-hybridized carbons (Fsp3) is 0.818. The van der Waals surface area contributed by atoms with Crippen LogP contribution in [-0.4, -0.2) is 54.6 Å². The largest absolute Gasteiger partial charge is 0.479 e. The molecule has 0 unspecified atom stereocenters. The summed E-state index contributed by atoms with van der Waals surface area (Å²) < 4.78 is 5.24. The third kappa shape index (κ3) is 9.86. The van der Waals surface area contributed by atoms with Crippen molar-refractivity contribution in [3.8, 4) is 0 Å². The van der Waals surface area contributed by atoms with Crippen molar-refractivity contribution in [2.45, 2.75) is 32.3 Å². The van der Waals surface area contributed by atoms with Gasteiger partial charge in [0.2, 0.25) is 0 Å². The van der Waals surface area contributed by atoms with Gasteiger partial charge in [0.05, 0.1) is 6.61 Å². The van der Waals surface area contributed by atoms with E-state index in [2.05, 4.69) is 17.6 Å². The van der Waals surface area contributed by atoms with Gasteiger partial charge < -0.3 is 25.6 Å². The second-order valence-corrected chi connectivity index (χ2v) is 3.79. The number of hydrogen-bond acceptors (Lipinski definition) is 4. The molecule has 0 saturated heterocycles. The molecule has 18 heavy (non-hydrogen) atoms. The van der Waals surface area contributed by atoms with Crippen molar-refractivity contribution >= 4 is 12.0 Å². The summed E-state index contributed by atoms with van der Waals surface area (Å²) in [5.41, 5.74) is 0. The highest BCUT2D eigenvalue weighted by atomic mass is 16.5. The minimum Gasteiger partial charge on any atom is -0.479 e. The van der Waals surface area contributed by atoms with E-state index in [4.69, 9.17) is 14.9 Å². The second kappa shape index (κ2) is 10.8. The van der Waals surface area contributed by atoms with E-state index in [1.165, 1.54) is 0 Å². The number of aliphatic carboxylic acids is 1. The Balaban J connectivity index is 3.35. The number of ether oxygens (including phenoxy) is 1. The molecule has 0 radical (unpaired) electrons. The molecule has 0 aliphatic carbocycles. The molecule has 7 heteroatoms. The number of carboxylic acid groups (broad SMARTS) is 1. The van der Waals surface area contributed by atoms with Crippen LogP contribution in [0.5, 0.6) is 0 Å². The zero-order chi connectivity index (χ0) is 13.8. The van der Waals surface area contributed by atoms with Crippen molar-refractivity contribution in [3.05, 3.63) is 0 Å². The number of aliphatic hydroxyl groups is 1. The number of carbonyl (C=O) groups is 2. The van der Waals surface area contributed by atoms with Gasteiger partial charge in [0.15, 0.2) is 6.10 Å². The first-order chi connectivity index (χ1) is 8.57. The molecule has 1 atom stereocenters. The number of rotatable bonds is 10. The normalized spacial score (nSPS) is 11.9. The average molecular weight is 262 g/mol. The Morgan fingerprint density at radius 2 is 1.89 bits per heavy atom. The smallest absolute Gasteiger partial charge is 0.332 e. The van der Waals surface area contributed by atoms with Crippen LogP contribution in [0.15, 0.2) is 0 Å². The van der Waals surface area contributed by atoms with Gasteiger partial charge in [-0.25, -0.2) is 9.59 Å². The first kappa shape index (κ1) is 16.7. The van der Waals surface area contributed by atoms with Gasteiger partial charge in [-0.05, 0) is 6.42 Å². The zero-order valence-electron chi connectivity index (χ0n) is 10.6. The molecule has 0 bridgehead atoms. The Bertz CT molecular complexity index is 248. The van der Waals surface area contributed by atoms with Crippen molar-refractivity contribution in [3.63, 3.8) is 0 Å². The molecule has 0 saturated carbocycles. The molecule has 0 aromatic heterocycles. The standard InChI is InChI=1S/C11H22N2O5/c1-2-3-7-18-8-6-13-11(17)12-5-4-9(14)10(15)16/h9,14H,2-8H2,1H3,(H,15,16)(H2,12,13,17)/t9-/m0/s1. The van der Waals surface area contributed by atoms with E-state index in [-0.39, 0.29) is 13.0 Å². The van der Waals surface area contributed by atoms with Crippen LogP contribution in [-0.2, 0) is 9.53 Å². The van der Waals surface area contributed by atoms with E-state index >= 15 is 0 Å². The van der Waals surface area contributed by atoms with Gasteiger partial charge in [0, 0.05) is 26.1 Å². The number of aliphatic hydroxyl groups excluding tert-OH is 1. The van der Waals surface area contributed by atoms with Crippen LogP contribution in [0, 0.1) is 0 Å². The molecule has 4 N–H and O–H groups in total. The van der Waals surface area contributed by atoms with Gasteiger partial charge >= 0.3 is 12.0 Å². The van der Waals surface area contributed by atoms with E-state index in [0.29, 0.717) is 19.8 Å². The summed E-state index contributed by atoms with van der Waals surface area (Å²) in [4.78, 5) is 21.5. The summed E-state index contributed by atoms with van der Waals surface area (Å²) in [6.07, 6.45) is 0.608. The molecule has 0 heterocycles. The molecular formula is C11H22N2O5. The van der Waals surface area contributed by atoms with Crippen LogP contribution in [0.2, 0.25) is 0 Å². The lowest BCUT2D eigenvalue weighted by Gasteiger charge is -2.09. The zero-order valence-corrected chi connectivity index (χ0v) is 10.6. The monoisotopic (exact) mass is 262 g/mol. The Hall–Kier alpha value is -1.34. The van der Waals surface area contributed by atoms with Crippen molar-refractivity contribution in [2.75, 3.05) is 26.3 Å². The van der Waals surface area contributed by atoms with Gasteiger partial charge in [-0.3, -0.25) is 0 Å². The van der Waals surface area contributed by atoms with Crippen molar-refractivity contribution in [1.82, 2.24) is 10.6 Å². The summed E-state index contributed by atoms with van der Waals surface area (Å²) in [5, 5.41) is 22.3. The van der Waals surface area contributed by atoms with Gasteiger partial charge in [-0.15, -0.1) is 0 Å². The number of unbranched alkanes of at least 4 members (excludes halogenated alkanes) is 1. The lowest BCUT2D eigenvalue weighted by atomic mass is 10.2. The summed E-state index contributed by atoms with van der Waals surface area (Å²) in [6.45, 7) is 3.71. The van der Waals surface area contributed by atoms with Crippen LogP contribution >= 0.6 is 0 Å². The van der Waals surface area contributed by atoms with Gasteiger partial charge in [0.25, 0.3) is 0 Å². The Labute approximate surface area is 107 Å². The van der Waals surface area contributed by atoms with Crippen LogP contribution in [0.1, 0.15) is 26.2 Å². The number of nitrogens with one attached hydrogen (secondary N) is 2. The number of urea groups is 1. The molecule has 0 rings (SSSR count). The molecule has 0 aliphatic heterocycles. The maximum Gasteiger partial charge on any atom is 0.332 e. The van der Waals surface area contributed by atoms with Gasteiger partial charge in [-0.2, -0.15) is 0 Å². The third-order valence-electron chi connectivity index (χ3n) is 2.16. The molecular weight excluding hydrogens is 240 g/mol. The number of carboxylic acids is 1. The SMILES string of the molecule is CCCCOCCNC(=O)NCC[C@H](O)C(=O)O. The van der Waals surface area contributed by atoms with E-state index in [1.807, 2.05) is 0 Å². The number of amides is 2. The molecule has 2 amide bonds. The minimum absolute atomic E-state index is 0.0181. The van der Waals surface area contributed by atoms with Crippen LogP contribution in [0.25, 0.3) is 0 Å². The van der Waals surface area contributed by atoms with Crippen LogP contribution in [0.4, 0.5) is 4.79 Å². The fourth-order valence-corrected chi connectivity index (χ4v) is 1.09. The van der Waals surface area contributed by atoms with Crippen molar-refractivity contribution < 1.29 is 24.5 Å². The first-order valence-electron chi connectivity index (χ1n) is 6.08. The molecule has 106 valence electrons. The van der Waals surface area contributed by atoms with Gasteiger partial charge in [0.1, 0.15) is 0 Å². The predicted octanol–water partition coefficient (Wildman–Crippen LogP) is -0.0621. The first-order valence-corrected chi connectivity index (χ1v) is 6.08. The quantitative estimate of drug-likeness (QED) is 0.412. The summed E-state index contributed by atoms with van der Waals surface area (Å²) >= 11 is 0. The molecule has 0 aromatic rings.